The molecule has 234 valence electrons. The number of aromatic nitrogens is 1. The molecule has 0 N–H and O–H groups in total. The van der Waals surface area contributed by atoms with Crippen LogP contribution in [0.3, 0.4) is 0 Å². The van der Waals surface area contributed by atoms with Gasteiger partial charge in [0.25, 0.3) is 0 Å². The van der Waals surface area contributed by atoms with E-state index in [9.17, 15) is 0 Å². The van der Waals surface area contributed by atoms with Gasteiger partial charge in [-0.25, -0.2) is 0 Å². The van der Waals surface area contributed by atoms with Gasteiger partial charge in [0, 0.05) is 45.4 Å². The van der Waals surface area contributed by atoms with Crippen molar-refractivity contribution in [3.8, 4) is 22.3 Å². The molecule has 1 spiro atoms. The predicted octanol–water partition coefficient (Wildman–Crippen LogP) is 12.3. The highest BCUT2D eigenvalue weighted by Gasteiger charge is 2.51. The van der Waals surface area contributed by atoms with Gasteiger partial charge in [-0.1, -0.05) is 129 Å². The van der Waals surface area contributed by atoms with Gasteiger partial charge in [-0.15, -0.1) is 0 Å². The fourth-order valence-electron chi connectivity index (χ4n) is 8.99. The van der Waals surface area contributed by atoms with E-state index in [0.717, 1.165) is 23.6 Å². The Morgan fingerprint density at radius 2 is 0.959 bits per heavy atom. The molecule has 0 unspecified atom stereocenters. The van der Waals surface area contributed by atoms with Crippen molar-refractivity contribution in [3.05, 3.63) is 186 Å². The van der Waals surface area contributed by atoms with E-state index in [1.54, 1.807) is 0 Å². The van der Waals surface area contributed by atoms with Crippen LogP contribution < -0.4 is 4.90 Å². The minimum Gasteiger partial charge on any atom is -0.340 e. The minimum absolute atomic E-state index is 0.383. The van der Waals surface area contributed by atoms with Gasteiger partial charge in [-0.05, 0) is 99.0 Å². The number of anilines is 3. The minimum atomic E-state index is -0.383. The van der Waals surface area contributed by atoms with E-state index in [1.807, 2.05) is 0 Å². The molecule has 0 amide bonds. The molecule has 0 fully saturated rings. The standard InChI is InChI=1S/C47H36N2/c1-31(2)30-48-45-23-13-9-19-39(45)40-28-33(25-27-46(40)48)49(32-14-4-3-5-15-32)34-24-26-38-37-18-8-12-22-43(37)47(44(38)29-34)41-20-10-6-16-35(41)36-17-7-11-21-42(36)47/h3-29,31H,30H2,1-2H3. The quantitative estimate of drug-likeness (QED) is 0.184. The lowest BCUT2D eigenvalue weighted by molar-refractivity contribution is 0.545. The molecule has 0 radical (unpaired) electrons. The summed E-state index contributed by atoms with van der Waals surface area (Å²) in [5.74, 6) is 0.549. The van der Waals surface area contributed by atoms with E-state index in [2.05, 4.69) is 187 Å². The van der Waals surface area contributed by atoms with Gasteiger partial charge in [-0.2, -0.15) is 0 Å². The molecule has 0 aliphatic heterocycles. The van der Waals surface area contributed by atoms with Gasteiger partial charge >= 0.3 is 0 Å². The third-order valence-corrected chi connectivity index (χ3v) is 10.8. The topological polar surface area (TPSA) is 8.17 Å². The number of hydrogen-bond donors (Lipinski definition) is 0. The van der Waals surface area contributed by atoms with Crippen LogP contribution >= 0.6 is 0 Å². The SMILES string of the molecule is CC(C)Cn1c2ccccc2c2cc(N(c3ccccc3)c3ccc4c(c3)C3(c5ccccc5-c5ccccc53)c3ccccc3-4)ccc21. The molecule has 2 aliphatic rings. The number of para-hydroxylation sites is 2. The molecule has 2 aliphatic carbocycles. The molecule has 0 atom stereocenters. The highest BCUT2D eigenvalue weighted by atomic mass is 15.1. The monoisotopic (exact) mass is 628 g/mol. The summed E-state index contributed by atoms with van der Waals surface area (Å²) in [6.45, 7) is 5.58. The normalized spacial score (nSPS) is 13.5. The summed E-state index contributed by atoms with van der Waals surface area (Å²) in [6, 6.07) is 61.0. The van der Waals surface area contributed by atoms with Crippen LogP contribution in [0.1, 0.15) is 36.1 Å². The van der Waals surface area contributed by atoms with E-state index in [1.165, 1.54) is 66.3 Å². The maximum Gasteiger partial charge on any atom is 0.0726 e. The van der Waals surface area contributed by atoms with Crippen molar-refractivity contribution < 1.29 is 0 Å². The summed E-state index contributed by atoms with van der Waals surface area (Å²) < 4.78 is 2.50. The van der Waals surface area contributed by atoms with Crippen LogP contribution in [0.5, 0.6) is 0 Å². The van der Waals surface area contributed by atoms with E-state index in [0.29, 0.717) is 5.92 Å². The number of rotatable bonds is 5. The lowest BCUT2D eigenvalue weighted by Gasteiger charge is -2.32. The number of benzene rings is 7. The second kappa shape index (κ2) is 10.6. The average molecular weight is 629 g/mol. The fourth-order valence-corrected chi connectivity index (χ4v) is 8.99. The Labute approximate surface area is 287 Å². The number of nitrogens with zero attached hydrogens (tertiary/aromatic N) is 2. The predicted molar refractivity (Wildman–Crippen MR) is 205 cm³/mol. The van der Waals surface area contributed by atoms with Crippen LogP contribution in [0.2, 0.25) is 0 Å². The summed E-state index contributed by atoms with van der Waals surface area (Å²) in [7, 11) is 0. The van der Waals surface area contributed by atoms with Crippen molar-refractivity contribution in [1.82, 2.24) is 4.57 Å². The summed E-state index contributed by atoms with van der Waals surface area (Å²) in [4.78, 5) is 2.44. The summed E-state index contributed by atoms with van der Waals surface area (Å²) in [6.07, 6.45) is 0. The molecular formula is C47H36N2. The largest absolute Gasteiger partial charge is 0.340 e. The van der Waals surface area contributed by atoms with E-state index < -0.39 is 0 Å². The summed E-state index contributed by atoms with van der Waals surface area (Å²) in [5, 5.41) is 2.59. The first-order valence-corrected chi connectivity index (χ1v) is 17.4. The first-order chi connectivity index (χ1) is 24.1. The number of hydrogen-bond acceptors (Lipinski definition) is 1. The Bertz CT molecular complexity index is 2510. The van der Waals surface area contributed by atoms with Crippen LogP contribution in [0.25, 0.3) is 44.1 Å². The van der Waals surface area contributed by atoms with Gasteiger partial charge in [-0.3, -0.25) is 0 Å². The highest BCUT2D eigenvalue weighted by molar-refractivity contribution is 6.09. The number of fused-ring (bicyclic) bond motifs is 13. The lowest BCUT2D eigenvalue weighted by atomic mass is 9.70. The summed E-state index contributed by atoms with van der Waals surface area (Å²) in [5.41, 5.74) is 16.4. The zero-order valence-corrected chi connectivity index (χ0v) is 27.8. The zero-order valence-electron chi connectivity index (χ0n) is 27.8. The molecule has 2 heteroatoms. The molecule has 0 bridgehead atoms. The Hall–Kier alpha value is -5.86. The van der Waals surface area contributed by atoms with Crippen molar-refractivity contribution in [2.24, 2.45) is 5.92 Å². The second-order valence-corrected chi connectivity index (χ2v) is 14.0. The Kier molecular flexibility index (Phi) is 6.08. The maximum absolute atomic E-state index is 2.50. The highest BCUT2D eigenvalue weighted by Crippen LogP contribution is 2.63. The van der Waals surface area contributed by atoms with Crippen molar-refractivity contribution in [2.45, 2.75) is 25.8 Å². The van der Waals surface area contributed by atoms with Gasteiger partial charge in [0.05, 0.1) is 5.41 Å². The smallest absolute Gasteiger partial charge is 0.0726 e. The molecule has 7 aromatic carbocycles. The van der Waals surface area contributed by atoms with Crippen molar-refractivity contribution in [3.63, 3.8) is 0 Å². The van der Waals surface area contributed by atoms with Crippen LogP contribution in [0, 0.1) is 5.92 Å². The van der Waals surface area contributed by atoms with Crippen molar-refractivity contribution in [2.75, 3.05) is 4.90 Å². The van der Waals surface area contributed by atoms with Crippen LogP contribution in [0.4, 0.5) is 17.1 Å². The Morgan fingerprint density at radius 3 is 1.61 bits per heavy atom. The first kappa shape index (κ1) is 28.2. The molecule has 0 saturated carbocycles. The van der Waals surface area contributed by atoms with E-state index in [-0.39, 0.29) is 5.41 Å². The molecule has 1 heterocycles. The molecule has 10 rings (SSSR count). The van der Waals surface area contributed by atoms with E-state index >= 15 is 0 Å². The van der Waals surface area contributed by atoms with Gasteiger partial charge in [0.1, 0.15) is 0 Å². The molecule has 8 aromatic rings. The van der Waals surface area contributed by atoms with Crippen LogP contribution in [-0.4, -0.2) is 4.57 Å². The third kappa shape index (κ3) is 3.89. The van der Waals surface area contributed by atoms with Gasteiger partial charge in [0.2, 0.25) is 0 Å². The second-order valence-electron chi connectivity index (χ2n) is 14.0. The van der Waals surface area contributed by atoms with Gasteiger partial charge < -0.3 is 9.47 Å². The Balaban J connectivity index is 1.24. The molecule has 0 saturated heterocycles. The van der Waals surface area contributed by atoms with Gasteiger partial charge in [0.15, 0.2) is 0 Å². The maximum atomic E-state index is 2.50. The van der Waals surface area contributed by atoms with Crippen LogP contribution in [0.15, 0.2) is 164 Å². The molecule has 49 heavy (non-hydrogen) atoms. The van der Waals surface area contributed by atoms with Crippen molar-refractivity contribution >= 4 is 38.9 Å². The molecule has 1 aromatic heterocycles. The molecular weight excluding hydrogens is 593 g/mol. The first-order valence-electron chi connectivity index (χ1n) is 17.4. The van der Waals surface area contributed by atoms with E-state index in [4.69, 9.17) is 0 Å². The summed E-state index contributed by atoms with van der Waals surface area (Å²) >= 11 is 0. The average Bonchev–Trinajstić information content (AvgIpc) is 3.74. The van der Waals surface area contributed by atoms with Crippen molar-refractivity contribution in [1.29, 1.82) is 0 Å². The van der Waals surface area contributed by atoms with Crippen LogP contribution in [-0.2, 0) is 12.0 Å². The fraction of sp³-hybridized carbons (Fsp3) is 0.106. The lowest BCUT2D eigenvalue weighted by Crippen LogP contribution is -2.26. The molecule has 2 nitrogen and oxygen atoms in total. The Morgan fingerprint density at radius 1 is 0.449 bits per heavy atom. The zero-order chi connectivity index (χ0) is 32.7. The third-order valence-electron chi connectivity index (χ3n) is 10.8.